The fourth-order valence-corrected chi connectivity index (χ4v) is 25.3. The fraction of sp³-hybridized carbons (Fsp3) is 0.169. The van der Waals surface area contributed by atoms with Crippen molar-refractivity contribution < 1.29 is 9.53 Å². The summed E-state index contributed by atoms with van der Waals surface area (Å²) in [6.45, 7) is 4.67. The Kier molecular flexibility index (Phi) is 2.83. The molecule has 0 aliphatic heterocycles. The molecule has 2 nitrogen and oxygen atoms in total. The molecule has 4 aliphatic rings. The number of hydrogen-bond donors (Lipinski definition) is 0. The number of ether oxygens (including phenoxy) is 1. The molecule has 0 radical (unpaired) electrons. The van der Waals surface area contributed by atoms with Crippen LogP contribution in [0.5, 0.6) is 0 Å². The molecular formula is C71H22O2. The Bertz CT molecular complexity index is 6980. The first kappa shape index (κ1) is 29.4. The average molecular weight is 907 g/mol. The molecule has 318 valence electrons. The van der Waals surface area contributed by atoms with Gasteiger partial charge >= 0.3 is 5.97 Å². The minimum absolute atomic E-state index is 0.0285. The highest BCUT2D eigenvalue weighted by molar-refractivity contribution is 6.82. The molecule has 0 bridgehead atoms. The maximum Gasteiger partial charge on any atom is 0.307 e. The molecule has 0 spiro atoms. The second-order valence-corrected chi connectivity index (χ2v) is 26.7. The van der Waals surface area contributed by atoms with E-state index in [1.807, 2.05) is 0 Å². The first-order valence-electron chi connectivity index (χ1n) is 28.2. The van der Waals surface area contributed by atoms with E-state index >= 15 is 4.79 Å². The van der Waals surface area contributed by atoms with Crippen LogP contribution in [0.15, 0.2) is 0 Å². The first-order valence-corrected chi connectivity index (χ1v) is 28.2. The average Bonchev–Trinajstić information content (AvgIpc) is 4.41. The minimum Gasteiger partial charge on any atom is -0.448 e. The van der Waals surface area contributed by atoms with Crippen molar-refractivity contribution in [2.24, 2.45) is 0 Å². The highest BCUT2D eigenvalue weighted by Gasteiger charge is 2.71. The Morgan fingerprint density at radius 2 is 0.452 bits per heavy atom. The molecule has 0 heterocycles. The largest absolute Gasteiger partial charge is 0.448 e. The van der Waals surface area contributed by atoms with Crippen molar-refractivity contribution in [2.75, 3.05) is 0 Å². The van der Waals surface area contributed by atoms with Gasteiger partial charge in [-0.25, -0.2) is 0 Å². The fourth-order valence-electron chi connectivity index (χ4n) is 25.3. The highest BCUT2D eigenvalue weighted by Crippen LogP contribution is 2.85. The van der Waals surface area contributed by atoms with Gasteiger partial charge in [-0.3, -0.25) is 4.79 Å². The summed E-state index contributed by atoms with van der Waals surface area (Å²) < 4.78 is 8.32. The van der Waals surface area contributed by atoms with E-state index in [2.05, 4.69) is 13.8 Å². The van der Waals surface area contributed by atoms with E-state index in [4.69, 9.17) is 4.74 Å². The van der Waals surface area contributed by atoms with Gasteiger partial charge in [0.1, 0.15) is 0 Å². The zero-order valence-corrected chi connectivity index (χ0v) is 39.0. The van der Waals surface area contributed by atoms with Gasteiger partial charge in [-0.05, 0) is 315 Å². The van der Waals surface area contributed by atoms with Crippen LogP contribution in [0.4, 0.5) is 0 Å². The standard InChI is InChI=1S/C71H22O2/c1-3-5-7-9-11(72)73-71-68-62-56-46-34-26-18-14-12-13-16-20(18)28(34)38-32-24(16)25-17(13)21-19-15(12)23-22(14)30-36(26)44-50-40(30)41-31(23)37-27(19)35-29(21)39-33(25)43-42(32)54(48(38)56)64(68)65-55(43)49(39)57-47(35)53-45(37)51(41)59-58(50)66(60(62)52(44)46)70(71,10-8-6-4-2)67(59)61(53)63(57)69(65)71/h3-10H2,1-2H3. The van der Waals surface area contributed by atoms with Crippen LogP contribution in [0.2, 0.25) is 0 Å². The molecule has 4 aliphatic carbocycles. The maximum absolute atomic E-state index is 15.9. The second-order valence-electron chi connectivity index (χ2n) is 26.7. The van der Waals surface area contributed by atoms with E-state index in [9.17, 15) is 0 Å². The van der Waals surface area contributed by atoms with Crippen LogP contribution in [-0.2, 0) is 20.5 Å². The van der Waals surface area contributed by atoms with E-state index < -0.39 is 11.0 Å². The summed E-state index contributed by atoms with van der Waals surface area (Å²) in [6.07, 6.45) is 7.95. The second kappa shape index (κ2) is 7.02. The number of rotatable bonds is 9. The number of benzene rings is 18. The van der Waals surface area contributed by atoms with Crippen molar-refractivity contribution in [3.8, 4) is 0 Å². The van der Waals surface area contributed by atoms with Crippen LogP contribution < -0.4 is 0 Å². The van der Waals surface area contributed by atoms with Gasteiger partial charge in [0, 0.05) is 17.5 Å². The Labute approximate surface area is 402 Å². The molecule has 0 saturated carbocycles. The van der Waals surface area contributed by atoms with Crippen LogP contribution in [-0.4, -0.2) is 5.97 Å². The van der Waals surface area contributed by atoms with Gasteiger partial charge < -0.3 is 4.74 Å². The lowest BCUT2D eigenvalue weighted by molar-refractivity contribution is -0.162. The monoisotopic (exact) mass is 906 g/mol. The summed E-state index contributed by atoms with van der Waals surface area (Å²) in [7, 11) is 0. The molecule has 0 N–H and O–H groups in total. The van der Waals surface area contributed by atoms with Gasteiger partial charge in [0.2, 0.25) is 0 Å². The predicted molar refractivity (Wildman–Crippen MR) is 308 cm³/mol. The predicted octanol–water partition coefficient (Wildman–Crippen LogP) is 20.0. The summed E-state index contributed by atoms with van der Waals surface area (Å²) in [4.78, 5) is 15.9. The smallest absolute Gasteiger partial charge is 0.307 e. The summed E-state index contributed by atoms with van der Waals surface area (Å²) in [5.41, 5.74) is 4.52. The maximum atomic E-state index is 15.9. The molecule has 0 saturated heterocycles. The van der Waals surface area contributed by atoms with Gasteiger partial charge in [-0.1, -0.05) is 46.0 Å². The SMILES string of the molecule is CCCCCC(=O)OC12c3c4c5c6c7c8c(c9c%10c1c1c3c3c%11c4c4c5c5c7c7c%12c8c8c9c9c%10c%10c1c1c3c3c%11c%11c4c4c5c7c5c7c%12c8c8c9c9c%10c1c1c3c3c%11c4c5c4c7c8c9c1c34)C62CCCCC. The molecule has 2 heteroatoms. The highest BCUT2D eigenvalue weighted by atomic mass is 16.6. The third kappa shape index (κ3) is 1.69. The van der Waals surface area contributed by atoms with E-state index in [1.54, 1.807) is 280 Å². The quantitative estimate of drug-likeness (QED) is 0.0819. The lowest BCUT2D eigenvalue weighted by atomic mass is 9.52. The van der Waals surface area contributed by atoms with Crippen molar-refractivity contribution in [3.63, 3.8) is 0 Å². The van der Waals surface area contributed by atoms with Crippen LogP contribution in [0.1, 0.15) is 87.5 Å². The number of unbranched alkanes of at least 4 members (excludes halogenated alkanes) is 4. The molecule has 0 atom stereocenters. The molecular weight excluding hydrogens is 885 g/mol. The van der Waals surface area contributed by atoms with Gasteiger partial charge in [0.05, 0.1) is 5.41 Å². The summed E-state index contributed by atoms with van der Waals surface area (Å²) in [5, 5.41) is 85.9. The van der Waals surface area contributed by atoms with E-state index in [0.29, 0.717) is 6.42 Å². The molecule has 28 aromatic carbocycles. The summed E-state index contributed by atoms with van der Waals surface area (Å²) in [5.74, 6) is 0.0285. The molecule has 28 aromatic rings. The molecule has 0 fully saturated rings. The number of esters is 1. The lowest BCUT2D eigenvalue weighted by Gasteiger charge is -2.53. The molecule has 0 aromatic heterocycles. The molecule has 0 amide bonds. The number of hydrogen-bond acceptors (Lipinski definition) is 2. The first-order chi connectivity index (χ1) is 36.3. The van der Waals surface area contributed by atoms with Gasteiger partial charge in [0.15, 0.2) is 5.60 Å². The topological polar surface area (TPSA) is 26.3 Å². The van der Waals surface area contributed by atoms with Crippen molar-refractivity contribution >= 4 is 297 Å². The van der Waals surface area contributed by atoms with Crippen LogP contribution in [0, 0.1) is 0 Å². The Balaban J connectivity index is 1.14. The van der Waals surface area contributed by atoms with E-state index in [-0.39, 0.29) is 5.97 Å². The summed E-state index contributed by atoms with van der Waals surface area (Å²) >= 11 is 0. The van der Waals surface area contributed by atoms with Crippen LogP contribution >= 0.6 is 0 Å². The zero-order valence-electron chi connectivity index (χ0n) is 39.0. The van der Waals surface area contributed by atoms with Crippen molar-refractivity contribution in [3.05, 3.63) is 22.3 Å². The zero-order chi connectivity index (χ0) is 44.4. The molecule has 32 rings (SSSR count). The van der Waals surface area contributed by atoms with Gasteiger partial charge in [-0.2, -0.15) is 0 Å². The van der Waals surface area contributed by atoms with Gasteiger partial charge in [0.25, 0.3) is 0 Å². The van der Waals surface area contributed by atoms with Crippen molar-refractivity contribution in [1.29, 1.82) is 0 Å². The van der Waals surface area contributed by atoms with E-state index in [1.165, 1.54) is 39.1 Å². The van der Waals surface area contributed by atoms with Gasteiger partial charge in [-0.15, -0.1) is 0 Å². The molecule has 0 unspecified atom stereocenters. The third-order valence-electron chi connectivity index (χ3n) is 25.8. The lowest BCUT2D eigenvalue weighted by Crippen LogP contribution is -2.54. The number of carbonyl (C=O) groups is 1. The van der Waals surface area contributed by atoms with Crippen LogP contribution in [0.25, 0.3) is 291 Å². The van der Waals surface area contributed by atoms with E-state index in [0.717, 1.165) is 38.5 Å². The van der Waals surface area contributed by atoms with Crippen molar-refractivity contribution in [1.82, 2.24) is 0 Å². The Hall–Kier alpha value is -8.07. The minimum atomic E-state index is -0.977. The molecule has 73 heavy (non-hydrogen) atoms. The van der Waals surface area contributed by atoms with Crippen LogP contribution in [0.3, 0.4) is 0 Å². The van der Waals surface area contributed by atoms with Crippen molar-refractivity contribution in [2.45, 2.75) is 76.2 Å². The Morgan fingerprint density at radius 3 is 0.671 bits per heavy atom. The summed E-state index contributed by atoms with van der Waals surface area (Å²) in [6, 6.07) is 0. The number of carbonyl (C=O) groups excluding carboxylic acids is 1. The third-order valence-corrected chi connectivity index (χ3v) is 25.8. The Morgan fingerprint density at radius 1 is 0.260 bits per heavy atom. The normalized spacial score (nSPS) is 21.3.